The Balaban J connectivity index is 2.26. The van der Waals surface area contributed by atoms with Crippen LogP contribution in [0.4, 0.5) is 0 Å². The SMILES string of the molecule is C=CCO[C@@H]([C@H](O)[C@H](OC(=O)/C=C/c1ccccc1)c1ccccc1)[C@@H](O)/C=C/C(=O)OCC. The predicted molar refractivity (Wildman–Crippen MR) is 128 cm³/mol. The van der Waals surface area contributed by atoms with Gasteiger partial charge >= 0.3 is 11.9 Å². The summed E-state index contributed by atoms with van der Waals surface area (Å²) in [6.07, 6.45) is 1.25. The second kappa shape index (κ2) is 14.6. The molecule has 7 heteroatoms. The number of hydrogen-bond acceptors (Lipinski definition) is 7. The molecule has 0 aromatic heterocycles. The number of carbonyl (C=O) groups excluding carboxylic acids is 2. The summed E-state index contributed by atoms with van der Waals surface area (Å²) in [5, 5.41) is 21.8. The quantitative estimate of drug-likeness (QED) is 0.265. The van der Waals surface area contributed by atoms with Crippen LogP contribution in [0.2, 0.25) is 0 Å². The van der Waals surface area contributed by atoms with E-state index in [9.17, 15) is 19.8 Å². The van der Waals surface area contributed by atoms with Gasteiger partial charge in [-0.2, -0.15) is 0 Å². The maximum Gasteiger partial charge on any atom is 0.331 e. The van der Waals surface area contributed by atoms with Gasteiger partial charge in [0.05, 0.1) is 13.2 Å². The highest BCUT2D eigenvalue weighted by Gasteiger charge is 2.36. The number of benzene rings is 2. The first-order valence-electron chi connectivity index (χ1n) is 10.9. The topological polar surface area (TPSA) is 102 Å². The molecule has 0 unspecified atom stereocenters. The Bertz CT molecular complexity index is 953. The fourth-order valence-electron chi connectivity index (χ4n) is 3.10. The molecule has 2 aromatic rings. The number of rotatable bonds is 13. The number of hydrogen-bond donors (Lipinski definition) is 2. The Morgan fingerprint density at radius 2 is 1.62 bits per heavy atom. The highest BCUT2D eigenvalue weighted by atomic mass is 16.6. The van der Waals surface area contributed by atoms with E-state index >= 15 is 0 Å². The van der Waals surface area contributed by atoms with Crippen LogP contribution < -0.4 is 0 Å². The summed E-state index contributed by atoms with van der Waals surface area (Å²) in [6.45, 7) is 5.43. The normalized spacial score (nSPS) is 14.9. The summed E-state index contributed by atoms with van der Waals surface area (Å²) in [5.74, 6) is -1.33. The average molecular weight is 467 g/mol. The third-order valence-electron chi connectivity index (χ3n) is 4.69. The van der Waals surface area contributed by atoms with E-state index in [-0.39, 0.29) is 13.2 Å². The van der Waals surface area contributed by atoms with Gasteiger partial charge in [-0.3, -0.25) is 0 Å². The maximum absolute atomic E-state index is 12.6. The maximum atomic E-state index is 12.6. The zero-order valence-electron chi connectivity index (χ0n) is 19.0. The first kappa shape index (κ1) is 26.7. The molecular weight excluding hydrogens is 436 g/mol. The molecule has 7 nitrogen and oxygen atoms in total. The van der Waals surface area contributed by atoms with Crippen LogP contribution in [-0.4, -0.2) is 53.7 Å². The van der Waals surface area contributed by atoms with E-state index in [1.54, 1.807) is 43.3 Å². The van der Waals surface area contributed by atoms with E-state index in [0.29, 0.717) is 5.56 Å². The minimum Gasteiger partial charge on any atom is -0.463 e. The lowest BCUT2D eigenvalue weighted by atomic mass is 9.96. The number of ether oxygens (including phenoxy) is 3. The van der Waals surface area contributed by atoms with E-state index in [1.165, 1.54) is 12.2 Å². The summed E-state index contributed by atoms with van der Waals surface area (Å²) in [5.41, 5.74) is 1.31. The molecule has 0 aliphatic heterocycles. The lowest BCUT2D eigenvalue weighted by molar-refractivity contribution is -0.163. The van der Waals surface area contributed by atoms with Crippen LogP contribution in [-0.2, 0) is 23.8 Å². The first-order valence-corrected chi connectivity index (χ1v) is 10.9. The van der Waals surface area contributed by atoms with Crippen molar-refractivity contribution in [3.63, 3.8) is 0 Å². The van der Waals surface area contributed by atoms with Crippen LogP contribution in [0.3, 0.4) is 0 Å². The Morgan fingerprint density at radius 1 is 0.971 bits per heavy atom. The van der Waals surface area contributed by atoms with Crippen molar-refractivity contribution >= 4 is 18.0 Å². The molecule has 180 valence electrons. The van der Waals surface area contributed by atoms with Crippen LogP contribution >= 0.6 is 0 Å². The van der Waals surface area contributed by atoms with Crippen LogP contribution in [0.15, 0.2) is 91.5 Å². The number of carbonyl (C=O) groups is 2. The molecule has 2 rings (SSSR count). The van der Waals surface area contributed by atoms with Gasteiger partial charge < -0.3 is 24.4 Å². The largest absolute Gasteiger partial charge is 0.463 e. The van der Waals surface area contributed by atoms with Crippen molar-refractivity contribution in [1.29, 1.82) is 0 Å². The van der Waals surface area contributed by atoms with Crippen molar-refractivity contribution in [2.75, 3.05) is 13.2 Å². The Labute approximate surface area is 199 Å². The fraction of sp³-hybridized carbons (Fsp3) is 0.259. The molecule has 0 fully saturated rings. The van der Waals surface area contributed by atoms with Gasteiger partial charge in [-0.1, -0.05) is 66.7 Å². The molecule has 0 bridgehead atoms. The van der Waals surface area contributed by atoms with Crippen LogP contribution in [0, 0.1) is 0 Å². The third-order valence-corrected chi connectivity index (χ3v) is 4.69. The van der Waals surface area contributed by atoms with Gasteiger partial charge in [0.1, 0.15) is 18.3 Å². The second-order valence-electron chi connectivity index (χ2n) is 7.19. The highest BCUT2D eigenvalue weighted by molar-refractivity contribution is 5.87. The molecule has 2 aromatic carbocycles. The number of aliphatic hydroxyl groups excluding tert-OH is 2. The van der Waals surface area contributed by atoms with E-state index in [0.717, 1.165) is 17.7 Å². The van der Waals surface area contributed by atoms with Gasteiger partial charge in [0.2, 0.25) is 0 Å². The molecule has 0 spiro atoms. The van der Waals surface area contributed by atoms with Crippen molar-refractivity contribution in [3.05, 3.63) is 103 Å². The minimum absolute atomic E-state index is 0.00932. The molecule has 0 saturated carbocycles. The van der Waals surface area contributed by atoms with Gasteiger partial charge in [-0.15, -0.1) is 6.58 Å². The van der Waals surface area contributed by atoms with Crippen LogP contribution in [0.25, 0.3) is 6.08 Å². The molecule has 0 aliphatic rings. The Kier molecular flexibility index (Phi) is 11.5. The molecule has 0 radical (unpaired) electrons. The average Bonchev–Trinajstić information content (AvgIpc) is 2.86. The standard InChI is InChI=1S/C27H30O7/c1-3-19-33-27(22(28)16-18-23(29)32-4-2)25(31)26(21-13-9-6-10-14-21)34-24(30)17-15-20-11-7-5-8-12-20/h3,5-18,22,25-28,31H,1,4,19H2,2H3/b17-15+,18-16+/t22-,25+,26+,27+/m0/s1. The minimum atomic E-state index is -1.47. The summed E-state index contributed by atoms with van der Waals surface area (Å²) in [4.78, 5) is 24.2. The van der Waals surface area contributed by atoms with E-state index < -0.39 is 36.4 Å². The van der Waals surface area contributed by atoms with Crippen LogP contribution in [0.1, 0.15) is 24.2 Å². The van der Waals surface area contributed by atoms with E-state index in [4.69, 9.17) is 14.2 Å². The van der Waals surface area contributed by atoms with Crippen molar-refractivity contribution in [2.45, 2.75) is 31.3 Å². The van der Waals surface area contributed by atoms with Crippen molar-refractivity contribution in [1.82, 2.24) is 0 Å². The molecule has 2 N–H and O–H groups in total. The van der Waals surface area contributed by atoms with Gasteiger partial charge in [0.25, 0.3) is 0 Å². The molecule has 34 heavy (non-hydrogen) atoms. The zero-order valence-corrected chi connectivity index (χ0v) is 19.0. The third kappa shape index (κ3) is 8.78. The summed E-state index contributed by atoms with van der Waals surface area (Å²) >= 11 is 0. The van der Waals surface area contributed by atoms with Crippen LogP contribution in [0.5, 0.6) is 0 Å². The monoisotopic (exact) mass is 466 g/mol. The predicted octanol–water partition coefficient (Wildman–Crippen LogP) is 3.40. The first-order chi connectivity index (χ1) is 16.5. The van der Waals surface area contributed by atoms with Gasteiger partial charge in [-0.25, -0.2) is 9.59 Å². The molecular formula is C27H30O7. The summed E-state index contributed by atoms with van der Waals surface area (Å²) in [6, 6.07) is 17.8. The number of esters is 2. The van der Waals surface area contributed by atoms with Gasteiger partial charge in [0.15, 0.2) is 6.10 Å². The number of aliphatic hydroxyl groups is 2. The van der Waals surface area contributed by atoms with Crippen molar-refractivity contribution in [2.24, 2.45) is 0 Å². The molecule has 0 aliphatic carbocycles. The molecule has 0 saturated heterocycles. The fourth-order valence-corrected chi connectivity index (χ4v) is 3.10. The smallest absolute Gasteiger partial charge is 0.331 e. The molecule has 0 heterocycles. The summed E-state index contributed by atoms with van der Waals surface area (Å²) < 4.78 is 16.0. The summed E-state index contributed by atoms with van der Waals surface area (Å²) in [7, 11) is 0. The van der Waals surface area contributed by atoms with E-state index in [2.05, 4.69) is 6.58 Å². The zero-order chi connectivity index (χ0) is 24.8. The van der Waals surface area contributed by atoms with Gasteiger partial charge in [-0.05, 0) is 30.2 Å². The molecule has 0 amide bonds. The van der Waals surface area contributed by atoms with Gasteiger partial charge in [0, 0.05) is 12.2 Å². The molecule has 4 atom stereocenters. The lowest BCUT2D eigenvalue weighted by Crippen LogP contribution is -2.43. The van der Waals surface area contributed by atoms with E-state index in [1.807, 2.05) is 30.3 Å². The lowest BCUT2D eigenvalue weighted by Gasteiger charge is -2.31. The highest BCUT2D eigenvalue weighted by Crippen LogP contribution is 2.27. The van der Waals surface area contributed by atoms with Crippen molar-refractivity contribution in [3.8, 4) is 0 Å². The van der Waals surface area contributed by atoms with Crippen molar-refractivity contribution < 1.29 is 34.0 Å². The Morgan fingerprint density at radius 3 is 2.24 bits per heavy atom. The second-order valence-corrected chi connectivity index (χ2v) is 7.19. The Hall–Kier alpha value is -3.52.